The molecule has 0 radical (unpaired) electrons. The lowest BCUT2D eigenvalue weighted by atomic mass is 10.2. The summed E-state index contributed by atoms with van der Waals surface area (Å²) in [5.41, 5.74) is 5.06. The third-order valence-electron chi connectivity index (χ3n) is 4.15. The highest BCUT2D eigenvalue weighted by atomic mass is 79.9. The summed E-state index contributed by atoms with van der Waals surface area (Å²) in [7, 11) is 0. The summed E-state index contributed by atoms with van der Waals surface area (Å²) in [6.45, 7) is -0.131. The first-order valence-corrected chi connectivity index (χ1v) is 12.2. The first-order chi connectivity index (χ1) is 16.0. The first kappa shape index (κ1) is 24.8. The maximum Gasteiger partial charge on any atom is 0.262 e. The van der Waals surface area contributed by atoms with Gasteiger partial charge in [-0.1, -0.05) is 45.7 Å². The van der Waals surface area contributed by atoms with Gasteiger partial charge in [-0.2, -0.15) is 5.10 Å². The second-order valence-electron chi connectivity index (χ2n) is 6.83. The Morgan fingerprint density at radius 3 is 2.58 bits per heavy atom. The molecule has 0 atom stereocenters. The van der Waals surface area contributed by atoms with Crippen LogP contribution >= 0.6 is 39.3 Å². The summed E-state index contributed by atoms with van der Waals surface area (Å²) in [5.74, 6) is 1.14. The molecule has 3 aromatic carbocycles. The number of hydrogen-bond acceptors (Lipinski definition) is 5. The van der Waals surface area contributed by atoms with Crippen molar-refractivity contribution in [3.05, 3.63) is 93.4 Å². The van der Waals surface area contributed by atoms with E-state index in [1.54, 1.807) is 54.7 Å². The zero-order valence-corrected chi connectivity index (χ0v) is 20.6. The van der Waals surface area contributed by atoms with Gasteiger partial charge in [0.05, 0.1) is 12.0 Å². The van der Waals surface area contributed by atoms with Gasteiger partial charge in [0.2, 0.25) is 5.91 Å². The SMILES string of the molecule is O=C(CSCc1cccc(Br)c1)N/N=C\c1ccc(OCC(=O)Nc2cccc(Cl)c2)cc1. The fourth-order valence-corrected chi connectivity index (χ4v) is 4.07. The minimum absolute atomic E-state index is 0.131. The monoisotopic (exact) mass is 545 g/mol. The van der Waals surface area contributed by atoms with E-state index in [-0.39, 0.29) is 18.4 Å². The zero-order valence-electron chi connectivity index (χ0n) is 17.5. The number of thioether (sulfide) groups is 1. The molecule has 0 saturated carbocycles. The molecule has 2 N–H and O–H groups in total. The van der Waals surface area contributed by atoms with Crippen LogP contribution in [-0.4, -0.2) is 30.4 Å². The molecule has 2 amide bonds. The lowest BCUT2D eigenvalue weighted by molar-refractivity contribution is -0.119. The maximum absolute atomic E-state index is 12.0. The Hall–Kier alpha value is -2.81. The van der Waals surface area contributed by atoms with E-state index >= 15 is 0 Å². The Bertz CT molecular complexity index is 1130. The number of amides is 2. The number of hydrazone groups is 1. The number of carbonyl (C=O) groups excluding carboxylic acids is 2. The molecular weight excluding hydrogens is 526 g/mol. The number of nitrogens with zero attached hydrogens (tertiary/aromatic N) is 1. The van der Waals surface area contributed by atoms with Gasteiger partial charge in [0.1, 0.15) is 5.75 Å². The lowest BCUT2D eigenvalue weighted by Crippen LogP contribution is -2.20. The van der Waals surface area contributed by atoms with Crippen LogP contribution in [0, 0.1) is 0 Å². The maximum atomic E-state index is 12.0. The Labute approximate surface area is 209 Å². The van der Waals surface area contributed by atoms with Crippen LogP contribution in [0.5, 0.6) is 5.75 Å². The van der Waals surface area contributed by atoms with Crippen LogP contribution in [0.3, 0.4) is 0 Å². The summed E-state index contributed by atoms with van der Waals surface area (Å²) in [4.78, 5) is 23.9. The van der Waals surface area contributed by atoms with Crippen LogP contribution < -0.4 is 15.5 Å². The van der Waals surface area contributed by atoms with Gasteiger partial charge in [0, 0.05) is 20.9 Å². The van der Waals surface area contributed by atoms with Crippen LogP contribution in [-0.2, 0) is 15.3 Å². The number of carbonyl (C=O) groups is 2. The Balaban J connectivity index is 1.36. The van der Waals surface area contributed by atoms with Gasteiger partial charge in [0.25, 0.3) is 5.91 Å². The molecule has 0 spiro atoms. The van der Waals surface area contributed by atoms with Crippen molar-refractivity contribution in [3.8, 4) is 5.75 Å². The molecular formula is C24H21BrClN3O3S. The summed E-state index contributed by atoms with van der Waals surface area (Å²) in [6.07, 6.45) is 1.55. The van der Waals surface area contributed by atoms with Gasteiger partial charge in [0.15, 0.2) is 6.61 Å². The van der Waals surface area contributed by atoms with E-state index in [2.05, 4.69) is 31.8 Å². The van der Waals surface area contributed by atoms with Gasteiger partial charge in [-0.05, 0) is 65.7 Å². The highest BCUT2D eigenvalue weighted by molar-refractivity contribution is 9.10. The van der Waals surface area contributed by atoms with E-state index in [1.807, 2.05) is 24.3 Å². The van der Waals surface area contributed by atoms with E-state index in [1.165, 1.54) is 11.8 Å². The van der Waals surface area contributed by atoms with Gasteiger partial charge in [-0.3, -0.25) is 9.59 Å². The molecule has 6 nitrogen and oxygen atoms in total. The van der Waals surface area contributed by atoms with E-state index in [9.17, 15) is 9.59 Å². The number of nitrogens with one attached hydrogen (secondary N) is 2. The third kappa shape index (κ3) is 9.29. The van der Waals surface area contributed by atoms with Crippen LogP contribution in [0.25, 0.3) is 0 Å². The van der Waals surface area contributed by atoms with Gasteiger partial charge >= 0.3 is 0 Å². The van der Waals surface area contributed by atoms with Crippen molar-refractivity contribution in [2.24, 2.45) is 5.10 Å². The lowest BCUT2D eigenvalue weighted by Gasteiger charge is -2.08. The molecule has 170 valence electrons. The number of ether oxygens (including phenoxy) is 1. The smallest absolute Gasteiger partial charge is 0.262 e. The van der Waals surface area contributed by atoms with E-state index in [0.717, 1.165) is 21.4 Å². The summed E-state index contributed by atoms with van der Waals surface area (Å²) in [5, 5.41) is 7.24. The number of hydrogen-bond donors (Lipinski definition) is 2. The van der Waals surface area contributed by atoms with Crippen molar-refractivity contribution in [1.82, 2.24) is 5.43 Å². The van der Waals surface area contributed by atoms with Crippen molar-refractivity contribution < 1.29 is 14.3 Å². The summed E-state index contributed by atoms with van der Waals surface area (Å²) >= 11 is 10.9. The molecule has 0 fully saturated rings. The Morgan fingerprint density at radius 2 is 1.82 bits per heavy atom. The van der Waals surface area contributed by atoms with Crippen LogP contribution in [0.4, 0.5) is 5.69 Å². The van der Waals surface area contributed by atoms with Crippen LogP contribution in [0.2, 0.25) is 5.02 Å². The topological polar surface area (TPSA) is 79.8 Å². The molecule has 9 heteroatoms. The average molecular weight is 547 g/mol. The first-order valence-electron chi connectivity index (χ1n) is 9.90. The fraction of sp³-hybridized carbons (Fsp3) is 0.125. The summed E-state index contributed by atoms with van der Waals surface area (Å²) in [6, 6.07) is 21.9. The zero-order chi connectivity index (χ0) is 23.5. The van der Waals surface area contributed by atoms with E-state index in [0.29, 0.717) is 22.2 Å². The fourth-order valence-electron chi connectivity index (χ4n) is 2.66. The average Bonchev–Trinajstić information content (AvgIpc) is 2.79. The van der Waals surface area contributed by atoms with Crippen LogP contribution in [0.15, 0.2) is 82.4 Å². The normalized spacial score (nSPS) is 10.7. The Morgan fingerprint density at radius 1 is 1.03 bits per heavy atom. The van der Waals surface area contributed by atoms with E-state index in [4.69, 9.17) is 16.3 Å². The van der Waals surface area contributed by atoms with E-state index < -0.39 is 0 Å². The molecule has 3 rings (SSSR count). The molecule has 0 aromatic heterocycles. The number of rotatable bonds is 10. The molecule has 0 aliphatic heterocycles. The third-order valence-corrected chi connectivity index (χ3v) is 5.88. The molecule has 0 bridgehead atoms. The minimum Gasteiger partial charge on any atom is -0.484 e. The van der Waals surface area contributed by atoms with Crippen molar-refractivity contribution in [2.75, 3.05) is 17.7 Å². The molecule has 3 aromatic rings. The second-order valence-corrected chi connectivity index (χ2v) is 9.17. The van der Waals surface area contributed by atoms with Crippen molar-refractivity contribution in [1.29, 1.82) is 0 Å². The number of benzene rings is 3. The van der Waals surface area contributed by atoms with Gasteiger partial charge in [-0.25, -0.2) is 5.43 Å². The van der Waals surface area contributed by atoms with Gasteiger partial charge < -0.3 is 10.1 Å². The molecule has 0 saturated heterocycles. The standard InChI is InChI=1S/C24H21BrClN3O3S/c25-19-4-1-3-18(11-19)15-33-16-24(31)29-27-13-17-7-9-22(10-8-17)32-14-23(30)28-21-6-2-5-20(26)12-21/h1-13H,14-16H2,(H,28,30)(H,29,31)/b27-13-. The largest absolute Gasteiger partial charge is 0.484 e. The second kappa shape index (κ2) is 13.0. The number of anilines is 1. The molecule has 0 aliphatic rings. The number of halogens is 2. The predicted molar refractivity (Wildman–Crippen MR) is 138 cm³/mol. The molecule has 0 heterocycles. The van der Waals surface area contributed by atoms with Crippen molar-refractivity contribution in [3.63, 3.8) is 0 Å². The summed E-state index contributed by atoms with van der Waals surface area (Å²) < 4.78 is 6.51. The minimum atomic E-state index is -0.289. The highest BCUT2D eigenvalue weighted by Gasteiger charge is 2.05. The van der Waals surface area contributed by atoms with Crippen molar-refractivity contribution >= 4 is 63.0 Å². The van der Waals surface area contributed by atoms with Crippen LogP contribution in [0.1, 0.15) is 11.1 Å². The Kier molecular flexibility index (Phi) is 9.80. The molecule has 33 heavy (non-hydrogen) atoms. The molecule has 0 unspecified atom stereocenters. The highest BCUT2D eigenvalue weighted by Crippen LogP contribution is 2.17. The van der Waals surface area contributed by atoms with Crippen molar-refractivity contribution in [2.45, 2.75) is 5.75 Å². The quantitative estimate of drug-likeness (QED) is 0.260. The molecule has 0 aliphatic carbocycles. The van der Waals surface area contributed by atoms with Gasteiger partial charge in [-0.15, -0.1) is 11.8 Å². The predicted octanol–water partition coefficient (Wildman–Crippen LogP) is 5.50.